The lowest BCUT2D eigenvalue weighted by Gasteiger charge is -1.95. The van der Waals surface area contributed by atoms with Crippen LogP contribution in [0.3, 0.4) is 0 Å². The molecule has 0 radical (unpaired) electrons. The van der Waals surface area contributed by atoms with E-state index in [0.29, 0.717) is 11.4 Å². The van der Waals surface area contributed by atoms with Crippen molar-refractivity contribution in [1.29, 1.82) is 0 Å². The van der Waals surface area contributed by atoms with Crippen LogP contribution in [-0.4, -0.2) is 40.8 Å². The van der Waals surface area contributed by atoms with Crippen LogP contribution in [0.4, 0.5) is 4.39 Å². The minimum atomic E-state index is -0.392. The Kier molecular flexibility index (Phi) is 2.48. The molecule has 0 fully saturated rings. The quantitative estimate of drug-likeness (QED) is 0.700. The minimum Gasteiger partial charge on any atom is -0.206 e. The molecule has 2 heterocycles. The second kappa shape index (κ2) is 4.28. The standard InChI is InChI=1S/C9H7FN8/c10-7-4-2-1-3-6(7)9-13-17-18(14-9)5-8-11-15-16-12-8/h1-4H,5H2,(H,11,12,15,16). The molecule has 8 nitrogen and oxygen atoms in total. The van der Waals surface area contributed by atoms with Crippen LogP contribution in [0.2, 0.25) is 0 Å². The van der Waals surface area contributed by atoms with Crippen molar-refractivity contribution in [2.45, 2.75) is 6.54 Å². The first kappa shape index (κ1) is 10.4. The van der Waals surface area contributed by atoms with Crippen LogP contribution in [-0.2, 0) is 6.54 Å². The predicted octanol–water partition coefficient (Wildman–Crippen LogP) is 0.0406. The van der Waals surface area contributed by atoms with Crippen molar-refractivity contribution >= 4 is 0 Å². The molecule has 3 aromatic rings. The van der Waals surface area contributed by atoms with E-state index in [1.54, 1.807) is 18.2 Å². The summed E-state index contributed by atoms with van der Waals surface area (Å²) >= 11 is 0. The third-order valence-electron chi connectivity index (χ3n) is 2.24. The monoisotopic (exact) mass is 246 g/mol. The molecule has 1 aromatic carbocycles. The molecule has 0 bridgehead atoms. The Labute approximate surface area is 99.8 Å². The Morgan fingerprint density at radius 2 is 2.11 bits per heavy atom. The van der Waals surface area contributed by atoms with Crippen LogP contribution in [0.1, 0.15) is 5.82 Å². The molecule has 0 aliphatic carbocycles. The van der Waals surface area contributed by atoms with Gasteiger partial charge in [-0.3, -0.25) is 0 Å². The van der Waals surface area contributed by atoms with Gasteiger partial charge in [-0.15, -0.1) is 20.4 Å². The van der Waals surface area contributed by atoms with Crippen molar-refractivity contribution in [3.8, 4) is 11.4 Å². The average molecular weight is 246 g/mol. The molecule has 3 rings (SSSR count). The highest BCUT2D eigenvalue weighted by Gasteiger charge is 2.11. The van der Waals surface area contributed by atoms with Crippen molar-refractivity contribution in [3.05, 3.63) is 35.9 Å². The molecule has 90 valence electrons. The van der Waals surface area contributed by atoms with Crippen LogP contribution < -0.4 is 0 Å². The molecular formula is C9H7FN8. The van der Waals surface area contributed by atoms with Gasteiger partial charge in [0.05, 0.1) is 5.56 Å². The third kappa shape index (κ3) is 1.93. The maximum absolute atomic E-state index is 13.5. The lowest BCUT2D eigenvalue weighted by atomic mass is 10.2. The number of rotatable bonds is 3. The second-order valence-corrected chi connectivity index (χ2v) is 3.45. The predicted molar refractivity (Wildman–Crippen MR) is 56.5 cm³/mol. The number of hydrogen-bond donors (Lipinski definition) is 1. The molecule has 0 amide bonds. The molecule has 0 aliphatic rings. The number of aromatic nitrogens is 8. The summed E-state index contributed by atoms with van der Waals surface area (Å²) in [4.78, 5) is 1.27. The molecule has 9 heteroatoms. The Balaban J connectivity index is 1.88. The molecule has 0 unspecified atom stereocenters. The van der Waals surface area contributed by atoms with Gasteiger partial charge in [-0.1, -0.05) is 17.3 Å². The van der Waals surface area contributed by atoms with Crippen molar-refractivity contribution in [1.82, 2.24) is 40.8 Å². The zero-order valence-corrected chi connectivity index (χ0v) is 9.02. The van der Waals surface area contributed by atoms with Gasteiger partial charge in [0.1, 0.15) is 12.4 Å². The Bertz CT molecular complexity index is 646. The molecule has 2 aromatic heterocycles. The first-order valence-electron chi connectivity index (χ1n) is 5.08. The topological polar surface area (TPSA) is 98.1 Å². The zero-order valence-electron chi connectivity index (χ0n) is 9.02. The number of aromatic amines is 1. The molecule has 1 N–H and O–H groups in total. The van der Waals surface area contributed by atoms with Gasteiger partial charge in [0, 0.05) is 0 Å². The van der Waals surface area contributed by atoms with E-state index in [9.17, 15) is 4.39 Å². The number of hydrogen-bond acceptors (Lipinski definition) is 6. The highest BCUT2D eigenvalue weighted by molar-refractivity contribution is 5.54. The summed E-state index contributed by atoms with van der Waals surface area (Å²) in [6.45, 7) is 0.220. The minimum absolute atomic E-state index is 0.219. The van der Waals surface area contributed by atoms with E-state index < -0.39 is 5.82 Å². The average Bonchev–Trinajstić information content (AvgIpc) is 3.02. The lowest BCUT2D eigenvalue weighted by molar-refractivity contribution is 0.554. The van der Waals surface area contributed by atoms with Gasteiger partial charge in [0.15, 0.2) is 5.82 Å². The summed E-state index contributed by atoms with van der Waals surface area (Å²) < 4.78 is 13.5. The normalized spacial score (nSPS) is 10.7. The van der Waals surface area contributed by atoms with E-state index in [1.165, 1.54) is 10.9 Å². The largest absolute Gasteiger partial charge is 0.207 e. The zero-order chi connectivity index (χ0) is 12.4. The molecule has 0 saturated carbocycles. The smallest absolute Gasteiger partial charge is 0.206 e. The highest BCUT2D eigenvalue weighted by atomic mass is 19.1. The Morgan fingerprint density at radius 3 is 2.89 bits per heavy atom. The number of tetrazole rings is 2. The van der Waals surface area contributed by atoms with Crippen LogP contribution in [0.5, 0.6) is 0 Å². The maximum Gasteiger partial charge on any atom is 0.207 e. The summed E-state index contributed by atoms with van der Waals surface area (Å²) in [6, 6.07) is 6.24. The van der Waals surface area contributed by atoms with Gasteiger partial charge in [-0.2, -0.15) is 10.0 Å². The molecule has 0 aliphatic heterocycles. The third-order valence-corrected chi connectivity index (χ3v) is 2.24. The fourth-order valence-corrected chi connectivity index (χ4v) is 1.44. The SMILES string of the molecule is Fc1ccccc1-c1nnn(Cc2nn[nH]n2)n1. The maximum atomic E-state index is 13.5. The van der Waals surface area contributed by atoms with E-state index in [-0.39, 0.29) is 12.4 Å². The summed E-state index contributed by atoms with van der Waals surface area (Å²) in [5, 5.41) is 24.9. The number of H-pyrrole nitrogens is 1. The van der Waals surface area contributed by atoms with E-state index in [4.69, 9.17) is 0 Å². The summed E-state index contributed by atoms with van der Waals surface area (Å²) in [7, 11) is 0. The number of nitrogens with zero attached hydrogens (tertiary/aromatic N) is 7. The fraction of sp³-hybridized carbons (Fsp3) is 0.111. The van der Waals surface area contributed by atoms with E-state index in [1.807, 2.05) is 0 Å². The Hall–Kier alpha value is -2.71. The van der Waals surface area contributed by atoms with Crippen molar-refractivity contribution in [2.24, 2.45) is 0 Å². The van der Waals surface area contributed by atoms with Gasteiger partial charge in [-0.05, 0) is 17.3 Å². The van der Waals surface area contributed by atoms with Gasteiger partial charge in [-0.25, -0.2) is 4.39 Å². The van der Waals surface area contributed by atoms with E-state index in [2.05, 4.69) is 36.0 Å². The van der Waals surface area contributed by atoms with Crippen LogP contribution in [0, 0.1) is 5.82 Å². The second-order valence-electron chi connectivity index (χ2n) is 3.45. The molecule has 0 spiro atoms. The lowest BCUT2D eigenvalue weighted by Crippen LogP contribution is -2.05. The van der Waals surface area contributed by atoms with Crippen LogP contribution >= 0.6 is 0 Å². The first-order chi connectivity index (χ1) is 8.83. The number of halogens is 1. The van der Waals surface area contributed by atoms with E-state index >= 15 is 0 Å². The van der Waals surface area contributed by atoms with Gasteiger partial charge in [0.25, 0.3) is 0 Å². The highest BCUT2D eigenvalue weighted by Crippen LogP contribution is 2.17. The van der Waals surface area contributed by atoms with Crippen molar-refractivity contribution < 1.29 is 4.39 Å². The Morgan fingerprint density at radius 1 is 1.22 bits per heavy atom. The molecular weight excluding hydrogens is 239 g/mol. The number of nitrogens with one attached hydrogen (secondary N) is 1. The van der Waals surface area contributed by atoms with E-state index in [0.717, 1.165) is 0 Å². The summed E-state index contributed by atoms with van der Waals surface area (Å²) in [5.74, 6) is 0.251. The van der Waals surface area contributed by atoms with Crippen LogP contribution in [0.25, 0.3) is 11.4 Å². The number of benzene rings is 1. The summed E-state index contributed by atoms with van der Waals surface area (Å²) in [6.07, 6.45) is 0. The molecule has 18 heavy (non-hydrogen) atoms. The molecule has 0 saturated heterocycles. The van der Waals surface area contributed by atoms with Crippen LogP contribution in [0.15, 0.2) is 24.3 Å². The molecule has 0 atom stereocenters. The van der Waals surface area contributed by atoms with Gasteiger partial charge in [0.2, 0.25) is 5.82 Å². The van der Waals surface area contributed by atoms with Crippen molar-refractivity contribution in [2.75, 3.05) is 0 Å². The van der Waals surface area contributed by atoms with Gasteiger partial charge < -0.3 is 0 Å². The van der Waals surface area contributed by atoms with Crippen molar-refractivity contribution in [3.63, 3.8) is 0 Å². The van der Waals surface area contributed by atoms with Gasteiger partial charge >= 0.3 is 0 Å². The first-order valence-corrected chi connectivity index (χ1v) is 5.08. The fourth-order valence-electron chi connectivity index (χ4n) is 1.44. The summed E-state index contributed by atoms with van der Waals surface area (Å²) in [5.41, 5.74) is 0.303.